The third-order valence-corrected chi connectivity index (χ3v) is 2.61. The molecule has 1 aliphatic carbocycles. The molecule has 1 fully saturated rings. The van der Waals surface area contributed by atoms with Crippen LogP contribution in [0.1, 0.15) is 32.6 Å². The van der Waals surface area contributed by atoms with Crippen LogP contribution in [0.3, 0.4) is 0 Å². The first-order chi connectivity index (χ1) is 8.10. The largest absolute Gasteiger partial charge is 0.480 e. The Balaban J connectivity index is 2.04. The molecule has 0 saturated heterocycles. The number of carboxylic acid groups (broad SMARTS) is 1. The van der Waals surface area contributed by atoms with E-state index in [0.717, 1.165) is 19.4 Å². The lowest BCUT2D eigenvalue weighted by atomic mass is 10.3. The summed E-state index contributed by atoms with van der Waals surface area (Å²) in [6, 6.07) is -0.416. The normalized spacial score (nSPS) is 16.3. The number of rotatable bonds is 8. The van der Waals surface area contributed by atoms with Gasteiger partial charge in [0.2, 0.25) is 0 Å². The number of hydrogen-bond donors (Lipinski definition) is 3. The summed E-state index contributed by atoms with van der Waals surface area (Å²) in [6.45, 7) is 3.87. The van der Waals surface area contributed by atoms with Gasteiger partial charge in [-0.05, 0) is 25.7 Å². The number of carboxylic acids is 1. The maximum atomic E-state index is 11.4. The fourth-order valence-electron chi connectivity index (χ4n) is 1.40. The van der Waals surface area contributed by atoms with Crippen LogP contribution in [0.15, 0.2) is 0 Å². The number of carbonyl (C=O) groups excluding carboxylic acids is 1. The van der Waals surface area contributed by atoms with Gasteiger partial charge in [0.15, 0.2) is 0 Å². The van der Waals surface area contributed by atoms with Gasteiger partial charge in [-0.1, -0.05) is 6.92 Å². The summed E-state index contributed by atoms with van der Waals surface area (Å²) in [4.78, 5) is 22.2. The molecule has 6 heteroatoms. The molecule has 1 saturated carbocycles. The van der Waals surface area contributed by atoms with Crippen molar-refractivity contribution >= 4 is 12.0 Å². The summed E-state index contributed by atoms with van der Waals surface area (Å²) in [5.74, 6) is -0.959. The Morgan fingerprint density at radius 2 is 2.06 bits per heavy atom. The quantitative estimate of drug-likeness (QED) is 0.549. The minimum Gasteiger partial charge on any atom is -0.480 e. The van der Waals surface area contributed by atoms with Gasteiger partial charge in [-0.2, -0.15) is 0 Å². The van der Waals surface area contributed by atoms with Crippen molar-refractivity contribution in [1.29, 1.82) is 0 Å². The molecule has 3 N–H and O–H groups in total. The van der Waals surface area contributed by atoms with Crippen LogP contribution >= 0.6 is 0 Å². The van der Waals surface area contributed by atoms with Crippen LogP contribution in [0.25, 0.3) is 0 Å². The molecule has 1 rings (SSSR count). The van der Waals surface area contributed by atoms with Gasteiger partial charge in [-0.3, -0.25) is 0 Å². The molecule has 0 aliphatic heterocycles. The maximum absolute atomic E-state index is 11.4. The Kier molecular flexibility index (Phi) is 5.21. The van der Waals surface area contributed by atoms with Gasteiger partial charge in [0.05, 0.1) is 0 Å². The number of amides is 2. The number of carbonyl (C=O) groups is 2. The third-order valence-electron chi connectivity index (χ3n) is 2.61. The zero-order valence-corrected chi connectivity index (χ0v) is 10.1. The van der Waals surface area contributed by atoms with Crippen LogP contribution < -0.4 is 10.6 Å². The first-order valence-corrected chi connectivity index (χ1v) is 5.98. The van der Waals surface area contributed by atoms with Gasteiger partial charge in [-0.15, -0.1) is 0 Å². The fourth-order valence-corrected chi connectivity index (χ4v) is 1.40. The van der Waals surface area contributed by atoms with Crippen LogP contribution in [0, 0.1) is 0 Å². The molecule has 6 nitrogen and oxygen atoms in total. The minimum atomic E-state index is -1.01. The molecule has 0 atom stereocenters. The predicted octanol–water partition coefficient (Wildman–Crippen LogP) is 0.719. The first-order valence-electron chi connectivity index (χ1n) is 5.98. The van der Waals surface area contributed by atoms with Crippen molar-refractivity contribution < 1.29 is 19.4 Å². The maximum Gasteiger partial charge on any atom is 0.329 e. The van der Waals surface area contributed by atoms with Crippen molar-refractivity contribution in [3.8, 4) is 0 Å². The van der Waals surface area contributed by atoms with Gasteiger partial charge >= 0.3 is 12.0 Å². The summed E-state index contributed by atoms with van der Waals surface area (Å²) in [5, 5.41) is 14.0. The summed E-state index contributed by atoms with van der Waals surface area (Å²) in [7, 11) is 0. The van der Waals surface area contributed by atoms with Crippen molar-refractivity contribution in [3.05, 3.63) is 0 Å². The lowest BCUT2D eigenvalue weighted by Gasteiger charge is -2.13. The van der Waals surface area contributed by atoms with Gasteiger partial charge in [0.25, 0.3) is 0 Å². The molecule has 0 aromatic rings. The van der Waals surface area contributed by atoms with E-state index in [1.54, 1.807) is 0 Å². The van der Waals surface area contributed by atoms with Crippen LogP contribution in [-0.4, -0.2) is 42.4 Å². The summed E-state index contributed by atoms with van der Waals surface area (Å²) >= 11 is 0. The highest BCUT2D eigenvalue weighted by Gasteiger charge is 2.51. The van der Waals surface area contributed by atoms with E-state index in [4.69, 9.17) is 9.84 Å². The molecule has 2 amide bonds. The van der Waals surface area contributed by atoms with Gasteiger partial charge < -0.3 is 20.5 Å². The molecule has 0 radical (unpaired) electrons. The molecule has 0 aromatic carbocycles. The highest BCUT2D eigenvalue weighted by atomic mass is 16.5. The molecule has 1 aliphatic rings. The minimum absolute atomic E-state index is 0.416. The van der Waals surface area contributed by atoms with E-state index >= 15 is 0 Å². The summed E-state index contributed by atoms with van der Waals surface area (Å²) in [6.07, 6.45) is 2.73. The van der Waals surface area contributed by atoms with Crippen LogP contribution in [0.5, 0.6) is 0 Å². The van der Waals surface area contributed by atoms with Crippen molar-refractivity contribution in [2.45, 2.75) is 38.1 Å². The lowest BCUT2D eigenvalue weighted by Crippen LogP contribution is -2.48. The SMILES string of the molecule is CCCOCCCNC(=O)NC1(C(=O)O)CC1. The van der Waals surface area contributed by atoms with Gasteiger partial charge in [0.1, 0.15) is 5.54 Å². The Bertz CT molecular complexity index is 277. The zero-order valence-electron chi connectivity index (χ0n) is 10.1. The Hall–Kier alpha value is -1.30. The van der Waals surface area contributed by atoms with E-state index in [0.29, 0.717) is 26.0 Å². The molecule has 17 heavy (non-hydrogen) atoms. The van der Waals surface area contributed by atoms with E-state index in [2.05, 4.69) is 10.6 Å². The van der Waals surface area contributed by atoms with Crippen molar-refractivity contribution in [2.24, 2.45) is 0 Å². The van der Waals surface area contributed by atoms with E-state index in [9.17, 15) is 9.59 Å². The number of aliphatic carboxylic acids is 1. The third kappa shape index (κ3) is 4.60. The summed E-state index contributed by atoms with van der Waals surface area (Å²) in [5.41, 5.74) is -1.01. The van der Waals surface area contributed by atoms with Crippen molar-refractivity contribution in [1.82, 2.24) is 10.6 Å². The number of hydrogen-bond acceptors (Lipinski definition) is 3. The van der Waals surface area contributed by atoms with E-state index in [-0.39, 0.29) is 0 Å². The van der Waals surface area contributed by atoms with E-state index in [1.807, 2.05) is 6.92 Å². The highest BCUT2D eigenvalue weighted by Crippen LogP contribution is 2.35. The standard InChI is InChI=1S/C11H20N2O4/c1-2-7-17-8-3-6-12-10(16)13-11(4-5-11)9(14)15/h2-8H2,1H3,(H,14,15)(H2,12,13,16). The first kappa shape index (κ1) is 13.8. The van der Waals surface area contributed by atoms with Crippen LogP contribution in [-0.2, 0) is 9.53 Å². The smallest absolute Gasteiger partial charge is 0.329 e. The molecule has 0 heterocycles. The molecular formula is C11H20N2O4. The van der Waals surface area contributed by atoms with E-state index < -0.39 is 17.5 Å². The fraction of sp³-hybridized carbons (Fsp3) is 0.818. The highest BCUT2D eigenvalue weighted by molar-refractivity contribution is 5.88. The molecule has 0 bridgehead atoms. The molecule has 0 aromatic heterocycles. The average Bonchev–Trinajstić information content (AvgIpc) is 3.04. The Labute approximate surface area is 101 Å². The lowest BCUT2D eigenvalue weighted by molar-refractivity contribution is -0.140. The Morgan fingerprint density at radius 3 is 2.59 bits per heavy atom. The van der Waals surface area contributed by atoms with Gasteiger partial charge in [0, 0.05) is 19.8 Å². The number of urea groups is 1. The number of nitrogens with one attached hydrogen (secondary N) is 2. The van der Waals surface area contributed by atoms with E-state index in [1.165, 1.54) is 0 Å². The second kappa shape index (κ2) is 6.44. The monoisotopic (exact) mass is 244 g/mol. The van der Waals surface area contributed by atoms with Crippen LogP contribution in [0.2, 0.25) is 0 Å². The molecular weight excluding hydrogens is 224 g/mol. The topological polar surface area (TPSA) is 87.7 Å². The molecule has 0 unspecified atom stereocenters. The summed E-state index contributed by atoms with van der Waals surface area (Å²) < 4.78 is 5.25. The molecule has 0 spiro atoms. The van der Waals surface area contributed by atoms with Crippen molar-refractivity contribution in [2.75, 3.05) is 19.8 Å². The zero-order chi connectivity index (χ0) is 12.7. The van der Waals surface area contributed by atoms with Crippen molar-refractivity contribution in [3.63, 3.8) is 0 Å². The predicted molar refractivity (Wildman–Crippen MR) is 61.9 cm³/mol. The molecule has 98 valence electrons. The second-order valence-corrected chi connectivity index (χ2v) is 4.23. The Morgan fingerprint density at radius 1 is 1.35 bits per heavy atom. The van der Waals surface area contributed by atoms with Gasteiger partial charge in [-0.25, -0.2) is 9.59 Å². The second-order valence-electron chi connectivity index (χ2n) is 4.23. The number of ether oxygens (including phenoxy) is 1. The van der Waals surface area contributed by atoms with Crippen LogP contribution in [0.4, 0.5) is 4.79 Å². The average molecular weight is 244 g/mol.